The number of aromatic nitrogens is 3. The van der Waals surface area contributed by atoms with Gasteiger partial charge in [0.15, 0.2) is 11.4 Å². The molecule has 0 atom stereocenters. The predicted molar refractivity (Wildman–Crippen MR) is 98.8 cm³/mol. The van der Waals surface area contributed by atoms with Crippen LogP contribution in [0.25, 0.3) is 5.69 Å². The van der Waals surface area contributed by atoms with Gasteiger partial charge in [0.1, 0.15) is 5.82 Å². The van der Waals surface area contributed by atoms with Crippen molar-refractivity contribution in [3.63, 3.8) is 0 Å². The van der Waals surface area contributed by atoms with E-state index in [4.69, 9.17) is 23.2 Å². The van der Waals surface area contributed by atoms with E-state index in [0.717, 1.165) is 12.1 Å². The van der Waals surface area contributed by atoms with Crippen molar-refractivity contribution in [2.75, 3.05) is 6.54 Å². The van der Waals surface area contributed by atoms with Crippen LogP contribution in [0, 0.1) is 5.82 Å². The van der Waals surface area contributed by atoms with E-state index >= 15 is 0 Å². The number of nitrogens with zero attached hydrogens (tertiary/aromatic N) is 3. The summed E-state index contributed by atoms with van der Waals surface area (Å²) in [6.07, 6.45) is -4.66. The Morgan fingerprint density at radius 3 is 2.41 bits per heavy atom. The summed E-state index contributed by atoms with van der Waals surface area (Å²) >= 11 is 11.8. The first-order valence-corrected chi connectivity index (χ1v) is 8.93. The molecule has 3 aromatic rings. The van der Waals surface area contributed by atoms with Crippen LogP contribution < -0.4 is 5.32 Å². The Morgan fingerprint density at radius 2 is 1.79 bits per heavy atom. The van der Waals surface area contributed by atoms with Crippen molar-refractivity contribution in [3.05, 3.63) is 75.3 Å². The highest BCUT2D eigenvalue weighted by molar-refractivity contribution is 6.34. The number of hydrogen-bond acceptors (Lipinski definition) is 3. The Kier molecular flexibility index (Phi) is 6.09. The summed E-state index contributed by atoms with van der Waals surface area (Å²) in [7, 11) is 0. The lowest BCUT2D eigenvalue weighted by Crippen LogP contribution is -2.29. The molecule has 152 valence electrons. The largest absolute Gasteiger partial charge is 0.435 e. The lowest BCUT2D eigenvalue weighted by Gasteiger charge is -2.11. The summed E-state index contributed by atoms with van der Waals surface area (Å²) in [5.41, 5.74) is -1.82. The maximum Gasteiger partial charge on any atom is 0.435 e. The first-order valence-electron chi connectivity index (χ1n) is 8.17. The van der Waals surface area contributed by atoms with Gasteiger partial charge < -0.3 is 5.32 Å². The molecule has 29 heavy (non-hydrogen) atoms. The van der Waals surface area contributed by atoms with Crippen LogP contribution in [0.2, 0.25) is 10.0 Å². The van der Waals surface area contributed by atoms with E-state index in [1.54, 1.807) is 12.1 Å². The second-order valence-corrected chi connectivity index (χ2v) is 6.83. The number of benzene rings is 2. The van der Waals surface area contributed by atoms with Gasteiger partial charge in [0.05, 0.1) is 5.69 Å². The number of amides is 1. The highest BCUT2D eigenvalue weighted by Gasteiger charge is 2.42. The van der Waals surface area contributed by atoms with Gasteiger partial charge in [-0.25, -0.2) is 9.07 Å². The standard InChI is InChI=1S/C18H12Cl2F4N4O/c19-11-6-10(7-12(20)8-11)4-5-25-17(29)15-16(18(22,23)24)28(27-26-15)14-3-1-2-13(21)9-14/h1-3,6-9H,4-5H2,(H,25,29). The average molecular weight is 447 g/mol. The topological polar surface area (TPSA) is 59.8 Å². The van der Waals surface area contributed by atoms with Gasteiger partial charge in [0, 0.05) is 16.6 Å². The molecular weight excluding hydrogens is 435 g/mol. The zero-order valence-corrected chi connectivity index (χ0v) is 16.0. The highest BCUT2D eigenvalue weighted by atomic mass is 35.5. The normalized spacial score (nSPS) is 11.5. The minimum Gasteiger partial charge on any atom is -0.350 e. The zero-order valence-electron chi connectivity index (χ0n) is 14.5. The predicted octanol–water partition coefficient (Wildman–Crippen LogP) is 4.70. The van der Waals surface area contributed by atoms with Crippen LogP contribution >= 0.6 is 23.2 Å². The third-order valence-corrected chi connectivity index (χ3v) is 4.26. The molecule has 5 nitrogen and oxygen atoms in total. The van der Waals surface area contributed by atoms with Crippen molar-refractivity contribution in [1.82, 2.24) is 20.3 Å². The van der Waals surface area contributed by atoms with Crippen molar-refractivity contribution < 1.29 is 22.4 Å². The van der Waals surface area contributed by atoms with Crippen molar-refractivity contribution in [3.8, 4) is 5.69 Å². The fourth-order valence-electron chi connectivity index (χ4n) is 2.64. The van der Waals surface area contributed by atoms with E-state index in [-0.39, 0.29) is 18.7 Å². The Bertz CT molecular complexity index is 1030. The third kappa shape index (κ3) is 5.04. The molecule has 1 N–H and O–H groups in total. The van der Waals surface area contributed by atoms with E-state index in [0.29, 0.717) is 20.3 Å². The quantitative estimate of drug-likeness (QED) is 0.577. The molecule has 0 bridgehead atoms. The van der Waals surface area contributed by atoms with Crippen LogP contribution in [0.3, 0.4) is 0 Å². The Morgan fingerprint density at radius 1 is 1.10 bits per heavy atom. The first kappa shape index (κ1) is 21.1. The molecule has 2 aromatic carbocycles. The zero-order chi connectivity index (χ0) is 21.2. The number of carbonyl (C=O) groups is 1. The maximum atomic E-state index is 13.6. The second-order valence-electron chi connectivity index (χ2n) is 5.96. The molecule has 0 spiro atoms. The van der Waals surface area contributed by atoms with Crippen LogP contribution in [-0.4, -0.2) is 27.4 Å². The van der Waals surface area contributed by atoms with Crippen LogP contribution in [0.5, 0.6) is 0 Å². The van der Waals surface area contributed by atoms with E-state index in [9.17, 15) is 22.4 Å². The molecule has 0 fully saturated rings. The summed E-state index contributed by atoms with van der Waals surface area (Å²) in [4.78, 5) is 12.3. The van der Waals surface area contributed by atoms with E-state index < -0.39 is 29.3 Å². The molecule has 0 saturated carbocycles. The summed E-state index contributed by atoms with van der Waals surface area (Å²) in [6.45, 7) is 0.0135. The van der Waals surface area contributed by atoms with Crippen molar-refractivity contribution in [2.24, 2.45) is 0 Å². The Balaban J connectivity index is 1.81. The monoisotopic (exact) mass is 446 g/mol. The van der Waals surface area contributed by atoms with Gasteiger partial charge in [0.2, 0.25) is 0 Å². The number of carbonyl (C=O) groups excluding carboxylic acids is 1. The van der Waals surface area contributed by atoms with E-state index in [2.05, 4.69) is 15.6 Å². The van der Waals surface area contributed by atoms with Crippen molar-refractivity contribution in [1.29, 1.82) is 0 Å². The van der Waals surface area contributed by atoms with Gasteiger partial charge in [-0.1, -0.05) is 34.5 Å². The Labute approximate surface area is 172 Å². The summed E-state index contributed by atoms with van der Waals surface area (Å²) in [5, 5.41) is 9.91. The fourth-order valence-corrected chi connectivity index (χ4v) is 3.21. The SMILES string of the molecule is O=C(NCCc1cc(Cl)cc(Cl)c1)c1nnn(-c2cccc(F)c2)c1C(F)(F)F. The van der Waals surface area contributed by atoms with Gasteiger partial charge in [-0.05, 0) is 48.4 Å². The molecule has 3 rings (SSSR count). The highest BCUT2D eigenvalue weighted by Crippen LogP contribution is 2.32. The molecule has 1 heterocycles. The summed E-state index contributed by atoms with van der Waals surface area (Å²) in [5.74, 6) is -1.81. The third-order valence-electron chi connectivity index (χ3n) is 3.83. The molecule has 1 amide bonds. The number of rotatable bonds is 5. The van der Waals surface area contributed by atoms with E-state index in [1.165, 1.54) is 18.2 Å². The molecular formula is C18H12Cl2F4N4O. The second kappa shape index (κ2) is 8.38. The van der Waals surface area contributed by atoms with E-state index in [1.807, 2.05) is 0 Å². The molecule has 0 aliphatic carbocycles. The van der Waals surface area contributed by atoms with Gasteiger partial charge in [-0.2, -0.15) is 13.2 Å². The number of hydrogen-bond donors (Lipinski definition) is 1. The molecule has 0 aliphatic rings. The van der Waals surface area contributed by atoms with Gasteiger partial charge in [-0.3, -0.25) is 4.79 Å². The molecule has 11 heteroatoms. The summed E-state index contributed by atoms with van der Waals surface area (Å²) in [6, 6.07) is 9.16. The first-order chi connectivity index (χ1) is 13.6. The van der Waals surface area contributed by atoms with Crippen LogP contribution in [0.15, 0.2) is 42.5 Å². The molecule has 0 radical (unpaired) electrons. The van der Waals surface area contributed by atoms with Gasteiger partial charge in [-0.15, -0.1) is 5.10 Å². The van der Waals surface area contributed by atoms with Gasteiger partial charge >= 0.3 is 6.18 Å². The maximum absolute atomic E-state index is 13.6. The number of halogens is 6. The van der Waals surface area contributed by atoms with Gasteiger partial charge in [0.25, 0.3) is 5.91 Å². The molecule has 0 unspecified atom stereocenters. The smallest absolute Gasteiger partial charge is 0.350 e. The lowest BCUT2D eigenvalue weighted by atomic mass is 10.1. The summed E-state index contributed by atoms with van der Waals surface area (Å²) < 4.78 is 54.5. The molecule has 1 aromatic heterocycles. The van der Waals surface area contributed by atoms with Crippen molar-refractivity contribution >= 4 is 29.1 Å². The fraction of sp³-hybridized carbons (Fsp3) is 0.167. The number of nitrogens with one attached hydrogen (secondary N) is 1. The van der Waals surface area contributed by atoms with Crippen LogP contribution in [-0.2, 0) is 12.6 Å². The number of alkyl halides is 3. The minimum absolute atomic E-state index is 0.0135. The Hall–Kier alpha value is -2.65. The van der Waals surface area contributed by atoms with Crippen molar-refractivity contribution in [2.45, 2.75) is 12.6 Å². The minimum atomic E-state index is -4.94. The molecule has 0 aliphatic heterocycles. The lowest BCUT2D eigenvalue weighted by molar-refractivity contribution is -0.143. The molecule has 0 saturated heterocycles. The average Bonchev–Trinajstić information content (AvgIpc) is 3.06. The van der Waals surface area contributed by atoms with Crippen LogP contribution in [0.1, 0.15) is 21.7 Å². The van der Waals surface area contributed by atoms with Crippen LogP contribution in [0.4, 0.5) is 17.6 Å².